The van der Waals surface area contributed by atoms with Gasteiger partial charge in [-0.2, -0.15) is 0 Å². The summed E-state index contributed by atoms with van der Waals surface area (Å²) in [6, 6.07) is 30.0. The fraction of sp³-hybridized carbons (Fsp3) is 0.0968. The maximum atomic E-state index is 13.7. The predicted octanol–water partition coefficient (Wildman–Crippen LogP) is 7.74. The van der Waals surface area contributed by atoms with E-state index in [1.165, 1.54) is 17.0 Å². The highest BCUT2D eigenvalue weighted by atomic mass is 35.5. The van der Waals surface area contributed by atoms with Crippen LogP contribution in [-0.2, 0) is 17.8 Å². The molecule has 0 aliphatic heterocycles. The van der Waals surface area contributed by atoms with Crippen molar-refractivity contribution in [2.45, 2.75) is 19.0 Å². The highest BCUT2D eigenvalue weighted by Gasteiger charge is 2.32. The summed E-state index contributed by atoms with van der Waals surface area (Å²) in [5, 5.41) is 11.8. The number of para-hydroxylation sites is 1. The number of amides is 1. The van der Waals surface area contributed by atoms with Gasteiger partial charge in [-0.3, -0.25) is 4.79 Å². The van der Waals surface area contributed by atoms with Crippen molar-refractivity contribution < 1.29 is 19.1 Å². The first kappa shape index (κ1) is 25.6. The number of halogens is 2. The molecule has 5 nitrogen and oxygen atoms in total. The third-order valence-electron chi connectivity index (χ3n) is 6.37. The Balaban J connectivity index is 1.47. The number of aliphatic carboxylic acids is 1. The number of rotatable bonds is 8. The molecule has 0 saturated heterocycles. The molecule has 5 aromatic rings. The van der Waals surface area contributed by atoms with E-state index in [-0.39, 0.29) is 23.6 Å². The summed E-state index contributed by atoms with van der Waals surface area (Å²) in [7, 11) is 0. The van der Waals surface area contributed by atoms with Gasteiger partial charge >= 0.3 is 5.97 Å². The van der Waals surface area contributed by atoms with Crippen molar-refractivity contribution in [1.82, 2.24) is 4.90 Å². The summed E-state index contributed by atoms with van der Waals surface area (Å²) >= 11 is 12.4. The molecule has 0 saturated carbocycles. The molecule has 1 aromatic heterocycles. The van der Waals surface area contributed by atoms with Gasteiger partial charge in [0.2, 0.25) is 0 Å². The number of carboxylic acid groups (broad SMARTS) is 1. The average Bonchev–Trinajstić information content (AvgIpc) is 3.35. The van der Waals surface area contributed by atoms with Crippen molar-refractivity contribution in [2.75, 3.05) is 0 Å². The maximum absolute atomic E-state index is 13.7. The van der Waals surface area contributed by atoms with Crippen molar-refractivity contribution in [3.05, 3.63) is 130 Å². The lowest BCUT2D eigenvalue weighted by molar-refractivity contribution is -0.142. The molecule has 1 amide bonds. The third-order valence-corrected chi connectivity index (χ3v) is 6.92. The van der Waals surface area contributed by atoms with Crippen LogP contribution in [-0.4, -0.2) is 27.9 Å². The molecule has 1 N–H and O–H groups in total. The number of fused-ring (bicyclic) bond motifs is 1. The van der Waals surface area contributed by atoms with Gasteiger partial charge in [0.25, 0.3) is 5.91 Å². The maximum Gasteiger partial charge on any atom is 0.326 e. The van der Waals surface area contributed by atoms with Gasteiger partial charge in [-0.15, -0.1) is 0 Å². The summed E-state index contributed by atoms with van der Waals surface area (Å²) in [6.07, 6.45) is 0.143. The minimum atomic E-state index is -1.12. The van der Waals surface area contributed by atoms with E-state index >= 15 is 0 Å². The largest absolute Gasteiger partial charge is 0.480 e. The van der Waals surface area contributed by atoms with Crippen LogP contribution >= 0.6 is 23.2 Å². The van der Waals surface area contributed by atoms with Crippen LogP contribution in [0.5, 0.6) is 0 Å². The smallest absolute Gasteiger partial charge is 0.326 e. The second kappa shape index (κ2) is 11.1. The Morgan fingerprint density at radius 3 is 2.21 bits per heavy atom. The van der Waals surface area contributed by atoms with Gasteiger partial charge < -0.3 is 14.4 Å². The molecule has 0 aliphatic carbocycles. The molecule has 1 atom stereocenters. The summed E-state index contributed by atoms with van der Waals surface area (Å²) in [6.45, 7) is 0.0714. The molecule has 0 aliphatic rings. The van der Waals surface area contributed by atoms with Crippen molar-refractivity contribution in [3.63, 3.8) is 0 Å². The first-order valence-electron chi connectivity index (χ1n) is 12.0. The molecular formula is C31H23Cl2NO4. The fourth-order valence-electron chi connectivity index (χ4n) is 4.40. The van der Waals surface area contributed by atoms with Crippen LogP contribution in [0.4, 0.5) is 0 Å². The lowest BCUT2D eigenvalue weighted by Crippen LogP contribution is -2.46. The molecule has 38 heavy (non-hydrogen) atoms. The second-order valence-corrected chi connectivity index (χ2v) is 9.79. The van der Waals surface area contributed by atoms with Crippen LogP contribution in [0.3, 0.4) is 0 Å². The van der Waals surface area contributed by atoms with Crippen LogP contribution in [0.2, 0.25) is 10.0 Å². The molecule has 0 fully saturated rings. The van der Waals surface area contributed by atoms with E-state index < -0.39 is 17.9 Å². The number of hydrogen-bond acceptors (Lipinski definition) is 3. The van der Waals surface area contributed by atoms with E-state index in [0.29, 0.717) is 5.02 Å². The van der Waals surface area contributed by atoms with Gasteiger partial charge in [-0.25, -0.2) is 4.79 Å². The van der Waals surface area contributed by atoms with E-state index in [0.717, 1.165) is 33.4 Å². The zero-order valence-electron chi connectivity index (χ0n) is 20.2. The van der Waals surface area contributed by atoms with Gasteiger partial charge in [0.05, 0.1) is 10.6 Å². The predicted molar refractivity (Wildman–Crippen MR) is 150 cm³/mol. The SMILES string of the molecule is O=C(O)[C@@H](Cc1ccccc1)N(Cc1ccc(-c2cc3ccccc3o2)cc1)C(=O)c1ccc(Cl)cc1Cl. The lowest BCUT2D eigenvalue weighted by Gasteiger charge is -2.30. The molecule has 0 bridgehead atoms. The van der Waals surface area contributed by atoms with Crippen molar-refractivity contribution >= 4 is 46.0 Å². The van der Waals surface area contributed by atoms with Crippen LogP contribution in [0, 0.1) is 0 Å². The highest BCUT2D eigenvalue weighted by Crippen LogP contribution is 2.29. The van der Waals surface area contributed by atoms with Gasteiger partial charge in [-0.1, -0.05) is 96.0 Å². The molecule has 7 heteroatoms. The molecule has 0 unspecified atom stereocenters. The molecule has 5 rings (SSSR count). The number of carbonyl (C=O) groups excluding carboxylic acids is 1. The quantitative estimate of drug-likeness (QED) is 0.217. The number of carboxylic acids is 1. The van der Waals surface area contributed by atoms with Gasteiger partial charge in [0, 0.05) is 28.9 Å². The van der Waals surface area contributed by atoms with Crippen molar-refractivity contribution in [3.8, 4) is 11.3 Å². The zero-order valence-corrected chi connectivity index (χ0v) is 21.7. The van der Waals surface area contributed by atoms with Crippen molar-refractivity contribution in [1.29, 1.82) is 0 Å². The summed E-state index contributed by atoms with van der Waals surface area (Å²) in [5.74, 6) is -0.867. The Morgan fingerprint density at radius 2 is 1.53 bits per heavy atom. The van der Waals surface area contributed by atoms with Gasteiger partial charge in [-0.05, 0) is 41.5 Å². The lowest BCUT2D eigenvalue weighted by atomic mass is 10.0. The standard InChI is InChI=1S/C31H23Cl2NO4/c32-24-14-15-25(26(33)18-24)30(35)34(27(31(36)37)16-20-6-2-1-3-7-20)19-21-10-12-22(13-11-21)29-17-23-8-4-5-9-28(23)38-29/h1-15,17-18,27H,16,19H2,(H,36,37)/t27-/m1/s1. The average molecular weight is 544 g/mol. The van der Waals surface area contributed by atoms with Crippen molar-refractivity contribution in [2.24, 2.45) is 0 Å². The summed E-state index contributed by atoms with van der Waals surface area (Å²) < 4.78 is 5.96. The molecule has 1 heterocycles. The molecular weight excluding hydrogens is 521 g/mol. The minimum absolute atomic E-state index is 0.0714. The Hall–Kier alpha value is -4.06. The van der Waals surface area contributed by atoms with Gasteiger partial charge in [0.1, 0.15) is 17.4 Å². The van der Waals surface area contributed by atoms with E-state index in [4.69, 9.17) is 27.6 Å². The van der Waals surface area contributed by atoms with Gasteiger partial charge in [0.15, 0.2) is 0 Å². The highest BCUT2D eigenvalue weighted by molar-refractivity contribution is 6.36. The Morgan fingerprint density at radius 1 is 0.816 bits per heavy atom. The number of hydrogen-bond donors (Lipinski definition) is 1. The van der Waals surface area contributed by atoms with Crippen LogP contribution in [0.25, 0.3) is 22.3 Å². The third kappa shape index (κ3) is 5.59. The number of carbonyl (C=O) groups is 2. The number of benzene rings is 4. The zero-order chi connectivity index (χ0) is 26.6. The fourth-order valence-corrected chi connectivity index (χ4v) is 4.89. The molecule has 4 aromatic carbocycles. The first-order valence-corrected chi connectivity index (χ1v) is 12.8. The van der Waals surface area contributed by atoms with Crippen LogP contribution < -0.4 is 0 Å². The molecule has 190 valence electrons. The summed E-state index contributed by atoms with van der Waals surface area (Å²) in [4.78, 5) is 27.5. The van der Waals surface area contributed by atoms with E-state index in [2.05, 4.69) is 0 Å². The van der Waals surface area contributed by atoms with E-state index in [1.54, 1.807) is 6.07 Å². The van der Waals surface area contributed by atoms with Crippen LogP contribution in [0.15, 0.2) is 108 Å². The molecule has 0 spiro atoms. The van der Waals surface area contributed by atoms with E-state index in [1.807, 2.05) is 84.9 Å². The monoisotopic (exact) mass is 543 g/mol. The normalized spacial score (nSPS) is 11.8. The Bertz CT molecular complexity index is 1560. The second-order valence-electron chi connectivity index (χ2n) is 8.95. The molecule has 0 radical (unpaired) electrons. The minimum Gasteiger partial charge on any atom is -0.480 e. The Labute approximate surface area is 229 Å². The summed E-state index contributed by atoms with van der Waals surface area (Å²) in [5.41, 5.74) is 3.44. The number of nitrogens with zero attached hydrogens (tertiary/aromatic N) is 1. The van der Waals surface area contributed by atoms with E-state index in [9.17, 15) is 14.7 Å². The van der Waals surface area contributed by atoms with Crippen LogP contribution in [0.1, 0.15) is 21.5 Å². The Kier molecular flexibility index (Phi) is 7.50. The number of furan rings is 1. The first-order chi connectivity index (χ1) is 18.4. The topological polar surface area (TPSA) is 70.8 Å².